The van der Waals surface area contributed by atoms with Crippen LogP contribution in [0, 0.1) is 0 Å². The molecular weight excluding hydrogens is 266 g/mol. The van der Waals surface area contributed by atoms with Gasteiger partial charge in [0.1, 0.15) is 5.75 Å². The zero-order valence-electron chi connectivity index (χ0n) is 11.3. The fourth-order valence-electron chi connectivity index (χ4n) is 2.61. The van der Waals surface area contributed by atoms with Gasteiger partial charge in [-0.1, -0.05) is 18.2 Å². The normalized spacial score (nSPS) is 18.2. The molecule has 0 amide bonds. The van der Waals surface area contributed by atoms with Crippen molar-refractivity contribution in [2.24, 2.45) is 0 Å². The van der Waals surface area contributed by atoms with Gasteiger partial charge in [-0.2, -0.15) is 8.78 Å². The van der Waals surface area contributed by atoms with Crippen molar-refractivity contribution in [3.05, 3.63) is 29.8 Å². The lowest BCUT2D eigenvalue weighted by atomic mass is 10.0. The van der Waals surface area contributed by atoms with Crippen molar-refractivity contribution in [1.82, 2.24) is 10.2 Å². The highest BCUT2D eigenvalue weighted by Crippen LogP contribution is 2.32. The Morgan fingerprint density at radius 1 is 1.25 bits per heavy atom. The largest absolute Gasteiger partial charge is 0.434 e. The maximum absolute atomic E-state index is 12.5. The van der Waals surface area contributed by atoms with Crippen LogP contribution in [0.4, 0.5) is 8.78 Å². The summed E-state index contributed by atoms with van der Waals surface area (Å²) < 4.78 is 29.6. The quantitative estimate of drug-likeness (QED) is 0.834. The van der Waals surface area contributed by atoms with Crippen LogP contribution < -0.4 is 10.1 Å². The molecule has 1 heterocycles. The van der Waals surface area contributed by atoms with Crippen molar-refractivity contribution in [2.75, 3.05) is 32.8 Å². The van der Waals surface area contributed by atoms with Gasteiger partial charge in [-0.05, 0) is 12.5 Å². The van der Waals surface area contributed by atoms with Crippen LogP contribution in [-0.2, 0) is 0 Å². The van der Waals surface area contributed by atoms with Gasteiger partial charge in [-0.3, -0.25) is 4.90 Å². The molecule has 1 aliphatic heterocycles. The summed E-state index contributed by atoms with van der Waals surface area (Å²) >= 11 is 0. The van der Waals surface area contributed by atoms with E-state index in [4.69, 9.17) is 0 Å². The van der Waals surface area contributed by atoms with E-state index in [-0.39, 0.29) is 18.4 Å². The molecule has 1 aliphatic rings. The number of aliphatic hydroxyl groups is 1. The number of halogens is 2. The van der Waals surface area contributed by atoms with Gasteiger partial charge in [0.15, 0.2) is 0 Å². The highest BCUT2D eigenvalue weighted by molar-refractivity contribution is 5.36. The van der Waals surface area contributed by atoms with E-state index in [1.807, 2.05) is 0 Å². The number of nitrogens with one attached hydrogen (secondary N) is 1. The predicted molar refractivity (Wildman–Crippen MR) is 72.0 cm³/mol. The molecule has 1 aromatic carbocycles. The number of hydrogen-bond acceptors (Lipinski definition) is 4. The molecule has 112 valence electrons. The number of nitrogens with zero attached hydrogens (tertiary/aromatic N) is 1. The third-order valence-electron chi connectivity index (χ3n) is 3.49. The molecule has 0 aliphatic carbocycles. The maximum Gasteiger partial charge on any atom is 0.387 e. The highest BCUT2D eigenvalue weighted by Gasteiger charge is 2.25. The van der Waals surface area contributed by atoms with Crippen molar-refractivity contribution in [3.8, 4) is 5.75 Å². The maximum atomic E-state index is 12.5. The van der Waals surface area contributed by atoms with E-state index in [1.54, 1.807) is 24.3 Å². The first-order valence-corrected chi connectivity index (χ1v) is 6.81. The van der Waals surface area contributed by atoms with E-state index in [1.165, 1.54) is 0 Å². The van der Waals surface area contributed by atoms with E-state index < -0.39 is 6.61 Å². The number of rotatable bonds is 6. The Bertz CT molecular complexity index is 412. The second-order valence-electron chi connectivity index (χ2n) is 4.73. The van der Waals surface area contributed by atoms with Crippen LogP contribution in [0.2, 0.25) is 0 Å². The molecule has 1 aromatic rings. The second kappa shape index (κ2) is 7.52. The second-order valence-corrected chi connectivity index (χ2v) is 4.73. The summed E-state index contributed by atoms with van der Waals surface area (Å²) in [6.07, 6.45) is 0.504. The predicted octanol–water partition coefficient (Wildman–Crippen LogP) is 1.62. The number of benzene rings is 1. The van der Waals surface area contributed by atoms with Crippen LogP contribution in [0.1, 0.15) is 18.0 Å². The van der Waals surface area contributed by atoms with Gasteiger partial charge in [0.25, 0.3) is 0 Å². The average molecular weight is 286 g/mol. The number of ether oxygens (including phenoxy) is 1. The topological polar surface area (TPSA) is 44.7 Å². The SMILES string of the molecule is OCC[C@@H](c1ccccc1OC(F)F)N1CCNCC1. The molecule has 20 heavy (non-hydrogen) atoms. The monoisotopic (exact) mass is 286 g/mol. The Hall–Kier alpha value is -1.24. The summed E-state index contributed by atoms with van der Waals surface area (Å²) in [4.78, 5) is 2.19. The van der Waals surface area contributed by atoms with E-state index in [0.29, 0.717) is 12.0 Å². The molecule has 4 nitrogen and oxygen atoms in total. The minimum absolute atomic E-state index is 0.0115. The lowest BCUT2D eigenvalue weighted by Gasteiger charge is -2.35. The number of aliphatic hydroxyl groups excluding tert-OH is 1. The molecule has 1 fully saturated rings. The summed E-state index contributed by atoms with van der Waals surface area (Å²) in [5.74, 6) is 0.194. The first-order valence-electron chi connectivity index (χ1n) is 6.81. The van der Waals surface area contributed by atoms with Crippen LogP contribution in [0.3, 0.4) is 0 Å². The summed E-state index contributed by atoms with van der Waals surface area (Å²) in [6, 6.07) is 6.72. The van der Waals surface area contributed by atoms with Gasteiger partial charge in [0, 0.05) is 44.4 Å². The lowest BCUT2D eigenvalue weighted by Crippen LogP contribution is -2.45. The van der Waals surface area contributed by atoms with E-state index in [0.717, 1.165) is 26.2 Å². The molecule has 2 rings (SSSR count). The van der Waals surface area contributed by atoms with E-state index in [2.05, 4.69) is 15.0 Å². The molecule has 1 atom stereocenters. The molecule has 0 saturated carbocycles. The molecule has 0 radical (unpaired) electrons. The highest BCUT2D eigenvalue weighted by atomic mass is 19.3. The van der Waals surface area contributed by atoms with Gasteiger partial charge in [0.2, 0.25) is 0 Å². The number of para-hydroxylation sites is 1. The summed E-state index contributed by atoms with van der Waals surface area (Å²) in [7, 11) is 0. The Morgan fingerprint density at radius 2 is 1.95 bits per heavy atom. The van der Waals surface area contributed by atoms with Gasteiger partial charge < -0.3 is 15.2 Å². The van der Waals surface area contributed by atoms with Crippen molar-refractivity contribution in [2.45, 2.75) is 19.1 Å². The fraction of sp³-hybridized carbons (Fsp3) is 0.571. The minimum atomic E-state index is -2.84. The van der Waals surface area contributed by atoms with Crippen LogP contribution in [0.5, 0.6) is 5.75 Å². The molecule has 0 spiro atoms. The first-order chi connectivity index (χ1) is 9.72. The Morgan fingerprint density at radius 3 is 2.60 bits per heavy atom. The number of piperazine rings is 1. The molecule has 1 saturated heterocycles. The van der Waals surface area contributed by atoms with Gasteiger partial charge >= 0.3 is 6.61 Å². The minimum Gasteiger partial charge on any atom is -0.434 e. The number of alkyl halides is 2. The van der Waals surface area contributed by atoms with Crippen LogP contribution in [0.15, 0.2) is 24.3 Å². The molecule has 6 heteroatoms. The van der Waals surface area contributed by atoms with Gasteiger partial charge in [-0.25, -0.2) is 0 Å². The number of hydrogen-bond donors (Lipinski definition) is 2. The third-order valence-corrected chi connectivity index (χ3v) is 3.49. The van der Waals surface area contributed by atoms with Crippen molar-refractivity contribution in [3.63, 3.8) is 0 Å². The summed E-state index contributed by atoms with van der Waals surface area (Å²) in [6.45, 7) is 0.549. The summed E-state index contributed by atoms with van der Waals surface area (Å²) in [5.41, 5.74) is 0.712. The summed E-state index contributed by atoms with van der Waals surface area (Å²) in [5, 5.41) is 12.5. The Balaban J connectivity index is 2.23. The van der Waals surface area contributed by atoms with Gasteiger partial charge in [-0.15, -0.1) is 0 Å². The standard InChI is InChI=1S/C14H20F2N2O2/c15-14(16)20-13-4-2-1-3-11(13)12(5-10-19)18-8-6-17-7-9-18/h1-4,12,14,17,19H,5-10H2/t12-/m0/s1. The zero-order chi connectivity index (χ0) is 14.4. The van der Waals surface area contributed by atoms with E-state index >= 15 is 0 Å². The molecule has 2 N–H and O–H groups in total. The smallest absolute Gasteiger partial charge is 0.387 e. The molecular formula is C14H20F2N2O2. The Labute approximate surface area is 117 Å². The third kappa shape index (κ3) is 3.88. The van der Waals surface area contributed by atoms with Crippen LogP contribution in [0.25, 0.3) is 0 Å². The fourth-order valence-corrected chi connectivity index (χ4v) is 2.61. The van der Waals surface area contributed by atoms with Crippen LogP contribution >= 0.6 is 0 Å². The van der Waals surface area contributed by atoms with E-state index in [9.17, 15) is 13.9 Å². The van der Waals surface area contributed by atoms with Crippen LogP contribution in [-0.4, -0.2) is 49.4 Å². The zero-order valence-corrected chi connectivity index (χ0v) is 11.3. The molecule has 0 bridgehead atoms. The van der Waals surface area contributed by atoms with Gasteiger partial charge in [0.05, 0.1) is 0 Å². The van der Waals surface area contributed by atoms with Crippen molar-refractivity contribution in [1.29, 1.82) is 0 Å². The van der Waals surface area contributed by atoms with Crippen molar-refractivity contribution < 1.29 is 18.6 Å². The average Bonchev–Trinajstić information content (AvgIpc) is 2.46. The molecule has 0 unspecified atom stereocenters. The lowest BCUT2D eigenvalue weighted by molar-refractivity contribution is -0.0513. The van der Waals surface area contributed by atoms with Crippen molar-refractivity contribution >= 4 is 0 Å². The first kappa shape index (κ1) is 15.2. The molecule has 0 aromatic heterocycles. The Kier molecular flexibility index (Phi) is 5.70.